The Kier molecular flexibility index (Phi) is 10.0. The number of para-hydroxylation sites is 1. The van der Waals surface area contributed by atoms with Crippen LogP contribution in [0, 0.1) is 32.6 Å². The van der Waals surface area contributed by atoms with Gasteiger partial charge in [0.1, 0.15) is 11.6 Å². The van der Waals surface area contributed by atoms with Crippen molar-refractivity contribution in [3.8, 4) is 51.5 Å². The molecule has 0 radical (unpaired) electrons. The second-order valence-corrected chi connectivity index (χ2v) is 15.3. The van der Waals surface area contributed by atoms with E-state index in [-0.39, 0.29) is 26.5 Å². The smallest absolute Gasteiger partial charge is 0.162 e. The van der Waals surface area contributed by atoms with Crippen molar-refractivity contribution in [2.75, 3.05) is 11.9 Å². The summed E-state index contributed by atoms with van der Waals surface area (Å²) in [6.07, 6.45) is 5.83. The fourth-order valence-electron chi connectivity index (χ4n) is 6.91. The second-order valence-electron chi connectivity index (χ2n) is 15.3. The molecule has 0 N–H and O–H groups in total. The van der Waals surface area contributed by atoms with Crippen molar-refractivity contribution < 1.29 is 25.8 Å². The molecule has 0 fully saturated rings. The summed E-state index contributed by atoms with van der Waals surface area (Å²) in [7, 11) is 2.00. The molecule has 0 saturated carbocycles. The molecule has 0 atom stereocenters. The van der Waals surface area contributed by atoms with Crippen molar-refractivity contribution in [3.05, 3.63) is 163 Å². The third-order valence-electron chi connectivity index (χ3n) is 10.0. The van der Waals surface area contributed by atoms with Crippen LogP contribution in [0.1, 0.15) is 37.5 Å². The van der Waals surface area contributed by atoms with Gasteiger partial charge in [0.05, 0.1) is 0 Å². The summed E-state index contributed by atoms with van der Waals surface area (Å²) in [6.45, 7) is 12.8. The average molecular weight is 926 g/mol. The molecule has 0 bridgehead atoms. The van der Waals surface area contributed by atoms with Crippen LogP contribution in [0.3, 0.4) is 0 Å². The maximum absolute atomic E-state index is 7.02. The second kappa shape index (κ2) is 15.1. The number of aromatic nitrogens is 5. The minimum Gasteiger partial charge on any atom is -0.510 e. The molecule has 0 amide bonds. The molecule has 3 aromatic heterocycles. The number of nitrogens with zero attached hydrogens (tertiary/aromatic N) is 7. The van der Waals surface area contributed by atoms with E-state index >= 15 is 0 Å². The maximum atomic E-state index is 7.02. The number of benzene rings is 5. The first kappa shape index (κ1) is 37.8. The molecule has 9 heteroatoms. The zero-order chi connectivity index (χ0) is 38.6. The molecule has 8 aromatic rings. The number of hydrogen-bond donors (Lipinski definition) is 0. The first-order chi connectivity index (χ1) is 27.1. The third-order valence-corrected chi connectivity index (χ3v) is 10.0. The van der Waals surface area contributed by atoms with Gasteiger partial charge >= 0.3 is 0 Å². The van der Waals surface area contributed by atoms with E-state index < -0.39 is 0 Å². The van der Waals surface area contributed by atoms with Gasteiger partial charge in [-0.15, -0.1) is 47.0 Å². The van der Waals surface area contributed by atoms with Gasteiger partial charge in [0.2, 0.25) is 0 Å². The molecule has 1 aliphatic rings. The van der Waals surface area contributed by atoms with Crippen LogP contribution in [0.15, 0.2) is 128 Å². The zero-order valence-corrected chi connectivity index (χ0v) is 34.8. The summed E-state index contributed by atoms with van der Waals surface area (Å²) < 4.78 is 9.15. The summed E-state index contributed by atoms with van der Waals surface area (Å²) in [5, 5.41) is 2.02. The predicted molar refractivity (Wildman–Crippen MR) is 224 cm³/mol. The van der Waals surface area contributed by atoms with Gasteiger partial charge in [-0.1, -0.05) is 110 Å². The van der Waals surface area contributed by atoms with Crippen LogP contribution in [0.4, 0.5) is 5.69 Å². The first-order valence-corrected chi connectivity index (χ1v) is 18.7. The summed E-state index contributed by atoms with van der Waals surface area (Å²) in [5.74, 6) is 3.39. The van der Waals surface area contributed by atoms with Crippen LogP contribution in [-0.4, -0.2) is 36.5 Å². The van der Waals surface area contributed by atoms with Gasteiger partial charge in [-0.05, 0) is 67.9 Å². The van der Waals surface area contributed by atoms with Crippen LogP contribution in [0.2, 0.25) is 0 Å². The van der Waals surface area contributed by atoms with Crippen molar-refractivity contribution in [2.24, 2.45) is 0 Å². The molecule has 0 spiro atoms. The molecule has 8 nitrogen and oxygen atoms in total. The fourth-order valence-corrected chi connectivity index (χ4v) is 6.91. The van der Waals surface area contributed by atoms with E-state index in [1.54, 1.807) is 0 Å². The quantitative estimate of drug-likeness (QED) is 0.147. The maximum Gasteiger partial charge on any atom is 0.162 e. The largest absolute Gasteiger partial charge is 0.510 e. The van der Waals surface area contributed by atoms with Gasteiger partial charge in [0.25, 0.3) is 0 Å². The number of fused-ring (bicyclic) bond motifs is 3. The van der Waals surface area contributed by atoms with Crippen LogP contribution >= 0.6 is 0 Å². The molecule has 9 rings (SSSR count). The van der Waals surface area contributed by atoms with Crippen LogP contribution in [0.5, 0.6) is 11.5 Å². The van der Waals surface area contributed by atoms with Gasteiger partial charge in [-0.3, -0.25) is 0 Å². The van der Waals surface area contributed by atoms with Gasteiger partial charge in [0.15, 0.2) is 11.6 Å². The Hall–Kier alpha value is -6.11. The fraction of sp³-hybridized carbons (Fsp3) is 0.146. The Morgan fingerprint density at radius 2 is 1.33 bits per heavy atom. The van der Waals surface area contributed by atoms with Gasteiger partial charge in [-0.25, -0.2) is 19.9 Å². The number of aryl methyl sites for hydroxylation is 2. The van der Waals surface area contributed by atoms with Gasteiger partial charge in [-0.2, -0.15) is 6.67 Å². The van der Waals surface area contributed by atoms with Crippen LogP contribution in [-0.2, 0) is 26.5 Å². The number of ether oxygens (including phenoxy) is 1. The topological polar surface area (TPSA) is 72.2 Å². The van der Waals surface area contributed by atoms with E-state index in [9.17, 15) is 0 Å². The molecule has 0 unspecified atom stereocenters. The Bertz CT molecular complexity index is 2710. The number of pyridine rings is 1. The van der Waals surface area contributed by atoms with E-state index in [1.807, 2.05) is 66.4 Å². The predicted octanol–water partition coefficient (Wildman–Crippen LogP) is 11.0. The van der Waals surface area contributed by atoms with Crippen LogP contribution in [0.25, 0.3) is 61.8 Å². The minimum absolute atomic E-state index is 0. The molecular weight excluding hydrogens is 886 g/mol. The molecule has 0 aliphatic carbocycles. The van der Waals surface area contributed by atoms with E-state index in [1.165, 1.54) is 0 Å². The average Bonchev–Trinajstić information content (AvgIpc) is 3.78. The monoisotopic (exact) mass is 925 g/mol. The molecule has 1 aliphatic heterocycles. The van der Waals surface area contributed by atoms with E-state index in [0.717, 1.165) is 61.1 Å². The standard InChI is InChI=1S/C48H40N7O.Pt/c1-31-14-18-33(19-15-31)45-50-46(34-20-16-32(2)17-21-34)52-47(51-45)40-28-39-38-11-7-8-12-41(38)55(44-13-9-10-22-49-44)42(39)29-43(40)56-37-26-35(48(3,4)5)25-36(27-37)54-24-23-53(6)30-54;/h7-26,28,30H,1-6H3;/q-3;. The molecule has 4 heterocycles. The third kappa shape index (κ3) is 7.45. The first-order valence-electron chi connectivity index (χ1n) is 18.7. The summed E-state index contributed by atoms with van der Waals surface area (Å²) in [4.78, 5) is 24.2. The SMILES string of the molecule is Cc1ccc(-c2nc(-c3ccc(C)cc3)nc(-c3cc4c5ccccc5n(-c5ccccn5)c4[c-]c3Oc3[c-]c(N4C=CN(C)[CH-]4)cc(C(C)(C)C)c3)n2)cc1.[Pt]. The Morgan fingerprint density at radius 3 is 1.95 bits per heavy atom. The normalized spacial score (nSPS) is 12.7. The van der Waals surface area contributed by atoms with Gasteiger partial charge in [0, 0.05) is 55.4 Å². The molecule has 5 aromatic carbocycles. The minimum atomic E-state index is -0.167. The molecule has 57 heavy (non-hydrogen) atoms. The molecular formula is C48H40N7OPt-3. The summed E-state index contributed by atoms with van der Waals surface area (Å²) >= 11 is 0. The Morgan fingerprint density at radius 1 is 0.684 bits per heavy atom. The van der Waals surface area contributed by atoms with Crippen molar-refractivity contribution in [1.82, 2.24) is 29.4 Å². The van der Waals surface area contributed by atoms with Crippen molar-refractivity contribution in [2.45, 2.75) is 40.0 Å². The van der Waals surface area contributed by atoms with Crippen molar-refractivity contribution >= 4 is 27.5 Å². The van der Waals surface area contributed by atoms with Crippen molar-refractivity contribution in [3.63, 3.8) is 0 Å². The van der Waals surface area contributed by atoms with E-state index in [4.69, 9.17) is 24.7 Å². The van der Waals surface area contributed by atoms with Crippen molar-refractivity contribution in [1.29, 1.82) is 0 Å². The van der Waals surface area contributed by atoms with Crippen LogP contribution < -0.4 is 9.64 Å². The Balaban J connectivity index is 0.00000455. The number of anilines is 1. The number of hydrogen-bond acceptors (Lipinski definition) is 7. The number of rotatable bonds is 7. The molecule has 286 valence electrons. The molecule has 0 saturated heterocycles. The Labute approximate surface area is 347 Å². The van der Waals surface area contributed by atoms with E-state index in [2.05, 4.69) is 136 Å². The van der Waals surface area contributed by atoms with Gasteiger partial charge < -0.3 is 19.1 Å². The van der Waals surface area contributed by atoms with E-state index in [0.29, 0.717) is 34.5 Å². The summed E-state index contributed by atoms with van der Waals surface area (Å²) in [5.41, 5.74) is 8.39. The summed E-state index contributed by atoms with van der Waals surface area (Å²) in [6, 6.07) is 44.4. The zero-order valence-electron chi connectivity index (χ0n) is 32.6.